The molecule has 0 amide bonds. The summed E-state index contributed by atoms with van der Waals surface area (Å²) in [5, 5.41) is 0. The SMILES string of the molecule is CCC1(CC)OCC2C(C)=CCCC21. The summed E-state index contributed by atoms with van der Waals surface area (Å²) in [4.78, 5) is 0. The van der Waals surface area contributed by atoms with E-state index in [1.54, 1.807) is 5.57 Å². The van der Waals surface area contributed by atoms with Crippen LogP contribution in [0.3, 0.4) is 0 Å². The van der Waals surface area contributed by atoms with E-state index in [1.807, 2.05) is 0 Å². The van der Waals surface area contributed by atoms with Crippen molar-refractivity contribution in [1.29, 1.82) is 0 Å². The lowest BCUT2D eigenvalue weighted by molar-refractivity contribution is -0.0297. The van der Waals surface area contributed by atoms with Crippen molar-refractivity contribution >= 4 is 0 Å². The zero-order chi connectivity index (χ0) is 10.2. The third-order valence-electron chi connectivity index (χ3n) is 4.44. The number of hydrogen-bond donors (Lipinski definition) is 0. The molecule has 1 fully saturated rings. The van der Waals surface area contributed by atoms with E-state index in [4.69, 9.17) is 4.74 Å². The van der Waals surface area contributed by atoms with Gasteiger partial charge < -0.3 is 4.74 Å². The molecular formula is C13H22O. The summed E-state index contributed by atoms with van der Waals surface area (Å²) in [6.07, 6.45) is 7.36. The maximum atomic E-state index is 6.12. The summed E-state index contributed by atoms with van der Waals surface area (Å²) >= 11 is 0. The van der Waals surface area contributed by atoms with Crippen LogP contribution in [-0.2, 0) is 4.74 Å². The minimum atomic E-state index is 0.209. The van der Waals surface area contributed by atoms with E-state index in [0.29, 0.717) is 0 Å². The van der Waals surface area contributed by atoms with Crippen LogP contribution in [0.25, 0.3) is 0 Å². The molecular weight excluding hydrogens is 172 g/mol. The highest BCUT2D eigenvalue weighted by Gasteiger charge is 2.48. The van der Waals surface area contributed by atoms with Gasteiger partial charge in [-0.25, -0.2) is 0 Å². The lowest BCUT2D eigenvalue weighted by Crippen LogP contribution is -2.36. The highest BCUT2D eigenvalue weighted by atomic mass is 16.5. The summed E-state index contributed by atoms with van der Waals surface area (Å²) < 4.78 is 6.12. The van der Waals surface area contributed by atoms with Gasteiger partial charge in [0.15, 0.2) is 0 Å². The van der Waals surface area contributed by atoms with Gasteiger partial charge in [-0.15, -0.1) is 0 Å². The molecule has 1 nitrogen and oxygen atoms in total. The quantitative estimate of drug-likeness (QED) is 0.611. The summed E-state index contributed by atoms with van der Waals surface area (Å²) in [5.74, 6) is 1.52. The van der Waals surface area contributed by atoms with E-state index >= 15 is 0 Å². The maximum absolute atomic E-state index is 6.12. The minimum absolute atomic E-state index is 0.209. The molecule has 2 unspecified atom stereocenters. The highest BCUT2D eigenvalue weighted by molar-refractivity contribution is 5.15. The molecule has 0 radical (unpaired) electrons. The van der Waals surface area contributed by atoms with Gasteiger partial charge in [-0.2, -0.15) is 0 Å². The van der Waals surface area contributed by atoms with Crippen molar-refractivity contribution in [3.8, 4) is 0 Å². The predicted octanol–water partition coefficient (Wildman–Crippen LogP) is 3.55. The van der Waals surface area contributed by atoms with E-state index in [2.05, 4.69) is 26.8 Å². The number of ether oxygens (including phenoxy) is 1. The smallest absolute Gasteiger partial charge is 0.0712 e. The van der Waals surface area contributed by atoms with Gasteiger partial charge in [0.1, 0.15) is 0 Å². The molecule has 2 atom stereocenters. The fourth-order valence-electron chi connectivity index (χ4n) is 3.38. The van der Waals surface area contributed by atoms with Crippen molar-refractivity contribution in [1.82, 2.24) is 0 Å². The topological polar surface area (TPSA) is 9.23 Å². The Hall–Kier alpha value is -0.300. The molecule has 2 aliphatic rings. The van der Waals surface area contributed by atoms with Crippen LogP contribution in [0.1, 0.15) is 46.5 Å². The van der Waals surface area contributed by atoms with Crippen LogP contribution in [0.5, 0.6) is 0 Å². The molecule has 1 saturated heterocycles. The van der Waals surface area contributed by atoms with Crippen LogP contribution in [0.2, 0.25) is 0 Å². The summed E-state index contributed by atoms with van der Waals surface area (Å²) in [6, 6.07) is 0. The Kier molecular flexibility index (Phi) is 2.70. The Bertz CT molecular complexity index is 238. The monoisotopic (exact) mass is 194 g/mol. The van der Waals surface area contributed by atoms with E-state index in [9.17, 15) is 0 Å². The molecule has 1 aliphatic carbocycles. The zero-order valence-corrected chi connectivity index (χ0v) is 9.68. The Labute approximate surface area is 87.5 Å². The summed E-state index contributed by atoms with van der Waals surface area (Å²) in [6.45, 7) is 7.80. The van der Waals surface area contributed by atoms with E-state index in [0.717, 1.165) is 18.4 Å². The number of allylic oxidation sites excluding steroid dienone is 1. The largest absolute Gasteiger partial charge is 0.374 e. The van der Waals surface area contributed by atoms with Gasteiger partial charge in [0.25, 0.3) is 0 Å². The molecule has 0 aromatic rings. The lowest BCUT2D eigenvalue weighted by Gasteiger charge is -2.36. The first kappa shape index (κ1) is 10.2. The molecule has 80 valence electrons. The number of hydrogen-bond acceptors (Lipinski definition) is 1. The molecule has 0 aromatic carbocycles. The fourth-order valence-corrected chi connectivity index (χ4v) is 3.38. The standard InChI is InChI=1S/C13H22O/c1-4-13(5-2)12-8-6-7-10(3)11(12)9-14-13/h7,11-12H,4-6,8-9H2,1-3H3. The highest BCUT2D eigenvalue weighted by Crippen LogP contribution is 2.48. The van der Waals surface area contributed by atoms with Gasteiger partial charge in [-0.3, -0.25) is 0 Å². The second kappa shape index (κ2) is 3.69. The van der Waals surface area contributed by atoms with Crippen molar-refractivity contribution in [2.24, 2.45) is 11.8 Å². The van der Waals surface area contributed by atoms with Gasteiger partial charge in [0.2, 0.25) is 0 Å². The molecule has 0 spiro atoms. The molecule has 0 N–H and O–H groups in total. The van der Waals surface area contributed by atoms with Crippen LogP contribution in [0.15, 0.2) is 11.6 Å². The fraction of sp³-hybridized carbons (Fsp3) is 0.846. The molecule has 2 rings (SSSR count). The van der Waals surface area contributed by atoms with Crippen LogP contribution >= 0.6 is 0 Å². The molecule has 0 bridgehead atoms. The lowest BCUT2D eigenvalue weighted by atomic mass is 9.70. The van der Waals surface area contributed by atoms with Crippen molar-refractivity contribution in [2.75, 3.05) is 6.61 Å². The molecule has 1 heterocycles. The minimum Gasteiger partial charge on any atom is -0.374 e. The Morgan fingerprint density at radius 1 is 1.43 bits per heavy atom. The second-order valence-electron chi connectivity index (χ2n) is 4.82. The van der Waals surface area contributed by atoms with Crippen molar-refractivity contribution in [3.05, 3.63) is 11.6 Å². The number of rotatable bonds is 2. The maximum Gasteiger partial charge on any atom is 0.0712 e. The van der Waals surface area contributed by atoms with Crippen molar-refractivity contribution in [2.45, 2.75) is 52.1 Å². The zero-order valence-electron chi connectivity index (χ0n) is 9.68. The van der Waals surface area contributed by atoms with Gasteiger partial charge in [0.05, 0.1) is 12.2 Å². The summed E-state index contributed by atoms with van der Waals surface area (Å²) in [5.41, 5.74) is 1.78. The molecule has 14 heavy (non-hydrogen) atoms. The second-order valence-corrected chi connectivity index (χ2v) is 4.82. The first-order chi connectivity index (χ1) is 6.73. The molecule has 0 aromatic heterocycles. The van der Waals surface area contributed by atoms with Crippen molar-refractivity contribution in [3.63, 3.8) is 0 Å². The third kappa shape index (κ3) is 1.33. The first-order valence-electron chi connectivity index (χ1n) is 6.04. The van der Waals surface area contributed by atoms with E-state index in [1.165, 1.54) is 25.7 Å². The molecule has 0 saturated carbocycles. The van der Waals surface area contributed by atoms with Crippen LogP contribution in [0.4, 0.5) is 0 Å². The van der Waals surface area contributed by atoms with Gasteiger partial charge in [-0.1, -0.05) is 25.5 Å². The van der Waals surface area contributed by atoms with Crippen LogP contribution < -0.4 is 0 Å². The van der Waals surface area contributed by atoms with E-state index < -0.39 is 0 Å². The average Bonchev–Trinajstić information content (AvgIpc) is 2.59. The average molecular weight is 194 g/mol. The summed E-state index contributed by atoms with van der Waals surface area (Å²) in [7, 11) is 0. The predicted molar refractivity (Wildman–Crippen MR) is 59.2 cm³/mol. The van der Waals surface area contributed by atoms with Gasteiger partial charge in [-0.05, 0) is 38.5 Å². The Morgan fingerprint density at radius 3 is 2.79 bits per heavy atom. The number of fused-ring (bicyclic) bond motifs is 1. The normalized spacial score (nSPS) is 35.2. The van der Waals surface area contributed by atoms with Crippen LogP contribution in [0, 0.1) is 11.8 Å². The molecule has 1 aliphatic heterocycles. The van der Waals surface area contributed by atoms with Gasteiger partial charge in [0, 0.05) is 5.92 Å². The Balaban J connectivity index is 2.23. The first-order valence-corrected chi connectivity index (χ1v) is 6.04. The van der Waals surface area contributed by atoms with Crippen LogP contribution in [-0.4, -0.2) is 12.2 Å². The van der Waals surface area contributed by atoms with Gasteiger partial charge >= 0.3 is 0 Å². The third-order valence-corrected chi connectivity index (χ3v) is 4.44. The van der Waals surface area contributed by atoms with Crippen molar-refractivity contribution < 1.29 is 4.74 Å². The Morgan fingerprint density at radius 2 is 2.14 bits per heavy atom. The van der Waals surface area contributed by atoms with E-state index in [-0.39, 0.29) is 5.60 Å². The molecule has 1 heteroatoms.